The van der Waals surface area contributed by atoms with Gasteiger partial charge in [-0.25, -0.2) is 0 Å². The maximum absolute atomic E-state index is 5.65. The first-order valence-electron chi connectivity index (χ1n) is 4.71. The van der Waals surface area contributed by atoms with Gasteiger partial charge in [-0.1, -0.05) is 35.7 Å². The molecule has 0 amide bonds. The van der Waals surface area contributed by atoms with Crippen molar-refractivity contribution in [3.05, 3.63) is 35.4 Å². The van der Waals surface area contributed by atoms with Crippen LogP contribution >= 0.6 is 0 Å². The van der Waals surface area contributed by atoms with Crippen molar-refractivity contribution in [1.82, 2.24) is 5.32 Å². The molecule has 0 aliphatic carbocycles. The second-order valence-corrected chi connectivity index (χ2v) is 3.28. The molecule has 1 unspecified atom stereocenters. The average molecular weight is 188 g/mol. The van der Waals surface area contributed by atoms with Crippen LogP contribution in [-0.4, -0.2) is 13.1 Å². The quantitative estimate of drug-likeness (QED) is 0.697. The normalized spacial score (nSPS) is 12.1. The van der Waals surface area contributed by atoms with E-state index < -0.39 is 0 Å². The highest BCUT2D eigenvalue weighted by Gasteiger charge is 2.06. The van der Waals surface area contributed by atoms with Crippen molar-refractivity contribution in [3.8, 4) is 12.3 Å². The van der Waals surface area contributed by atoms with Gasteiger partial charge in [0.15, 0.2) is 0 Å². The van der Waals surface area contributed by atoms with Crippen LogP contribution in [-0.2, 0) is 0 Å². The summed E-state index contributed by atoms with van der Waals surface area (Å²) in [4.78, 5) is 0. The van der Waals surface area contributed by atoms with Crippen LogP contribution in [0.4, 0.5) is 0 Å². The van der Waals surface area contributed by atoms with Crippen LogP contribution in [0.25, 0.3) is 0 Å². The smallest absolute Gasteiger partial charge is 0.0578 e. The first-order valence-corrected chi connectivity index (χ1v) is 4.71. The topological polar surface area (TPSA) is 38.0 Å². The van der Waals surface area contributed by atoms with E-state index in [1.807, 2.05) is 0 Å². The zero-order valence-corrected chi connectivity index (χ0v) is 8.46. The summed E-state index contributed by atoms with van der Waals surface area (Å²) in [6.07, 6.45) is 5.18. The molecule has 1 aromatic carbocycles. The number of hydrogen-bond donors (Lipinski definition) is 2. The van der Waals surface area contributed by atoms with Gasteiger partial charge in [-0.15, -0.1) is 6.42 Å². The van der Waals surface area contributed by atoms with Crippen LogP contribution in [0.3, 0.4) is 0 Å². The molecule has 1 rings (SSSR count). The Morgan fingerprint density at radius 1 is 1.43 bits per heavy atom. The molecule has 2 heteroatoms. The third-order valence-corrected chi connectivity index (χ3v) is 2.17. The molecule has 1 atom stereocenters. The number of aryl methyl sites for hydroxylation is 1. The fraction of sp³-hybridized carbons (Fsp3) is 0.333. The van der Waals surface area contributed by atoms with E-state index in [2.05, 4.69) is 42.4 Å². The van der Waals surface area contributed by atoms with E-state index in [0.29, 0.717) is 13.1 Å². The van der Waals surface area contributed by atoms with Crippen LogP contribution in [0.2, 0.25) is 0 Å². The molecule has 0 bridgehead atoms. The fourth-order valence-corrected chi connectivity index (χ4v) is 1.32. The van der Waals surface area contributed by atoms with Crippen molar-refractivity contribution in [1.29, 1.82) is 0 Å². The third-order valence-electron chi connectivity index (χ3n) is 2.17. The molecule has 0 spiro atoms. The Hall–Kier alpha value is -1.30. The van der Waals surface area contributed by atoms with Gasteiger partial charge in [-0.3, -0.25) is 5.32 Å². The minimum absolute atomic E-state index is 0.159. The van der Waals surface area contributed by atoms with Crippen molar-refractivity contribution in [2.24, 2.45) is 5.73 Å². The monoisotopic (exact) mass is 188 g/mol. The van der Waals surface area contributed by atoms with Crippen molar-refractivity contribution in [2.75, 3.05) is 13.1 Å². The van der Waals surface area contributed by atoms with Crippen LogP contribution < -0.4 is 11.1 Å². The zero-order valence-electron chi connectivity index (χ0n) is 8.46. The highest BCUT2D eigenvalue weighted by atomic mass is 14.9. The number of hydrogen-bond acceptors (Lipinski definition) is 2. The molecule has 0 saturated carbocycles. The van der Waals surface area contributed by atoms with Gasteiger partial charge in [0, 0.05) is 12.6 Å². The molecule has 2 nitrogen and oxygen atoms in total. The Labute approximate surface area is 85.5 Å². The lowest BCUT2D eigenvalue weighted by molar-refractivity contribution is 0.582. The fourth-order valence-electron chi connectivity index (χ4n) is 1.32. The van der Waals surface area contributed by atoms with Gasteiger partial charge in [0.2, 0.25) is 0 Å². The Balaban J connectivity index is 2.69. The minimum atomic E-state index is 0.159. The zero-order chi connectivity index (χ0) is 10.4. The Morgan fingerprint density at radius 3 is 2.57 bits per heavy atom. The van der Waals surface area contributed by atoms with Gasteiger partial charge >= 0.3 is 0 Å². The van der Waals surface area contributed by atoms with Crippen LogP contribution in [0, 0.1) is 19.3 Å². The van der Waals surface area contributed by atoms with Gasteiger partial charge < -0.3 is 5.73 Å². The number of terminal acetylenes is 1. The van der Waals surface area contributed by atoms with Crippen molar-refractivity contribution >= 4 is 0 Å². The predicted octanol–water partition coefficient (Wildman–Crippen LogP) is 1.22. The van der Waals surface area contributed by atoms with Gasteiger partial charge in [-0.05, 0) is 12.5 Å². The lowest BCUT2D eigenvalue weighted by Crippen LogP contribution is -2.28. The van der Waals surface area contributed by atoms with E-state index in [1.165, 1.54) is 11.1 Å². The molecule has 0 aliphatic heterocycles. The van der Waals surface area contributed by atoms with Gasteiger partial charge in [0.05, 0.1) is 6.54 Å². The molecule has 0 saturated heterocycles. The summed E-state index contributed by atoms with van der Waals surface area (Å²) in [7, 11) is 0. The SMILES string of the molecule is C#CCNC(CN)c1ccc(C)cc1. The first kappa shape index (κ1) is 10.8. The number of benzene rings is 1. The molecular weight excluding hydrogens is 172 g/mol. The summed E-state index contributed by atoms with van der Waals surface area (Å²) in [5.74, 6) is 2.55. The van der Waals surface area contributed by atoms with E-state index in [0.717, 1.165) is 0 Å². The van der Waals surface area contributed by atoms with E-state index in [4.69, 9.17) is 12.2 Å². The lowest BCUT2D eigenvalue weighted by Gasteiger charge is -2.15. The molecule has 74 valence electrons. The van der Waals surface area contributed by atoms with E-state index in [1.54, 1.807) is 0 Å². The second-order valence-electron chi connectivity index (χ2n) is 3.28. The maximum atomic E-state index is 5.65. The van der Waals surface area contributed by atoms with Crippen LogP contribution in [0.5, 0.6) is 0 Å². The van der Waals surface area contributed by atoms with Gasteiger partial charge in [0.1, 0.15) is 0 Å². The summed E-state index contributed by atoms with van der Waals surface area (Å²) in [5, 5.41) is 3.19. The van der Waals surface area contributed by atoms with E-state index in [9.17, 15) is 0 Å². The number of nitrogens with two attached hydrogens (primary N) is 1. The molecular formula is C12H16N2. The summed E-state index contributed by atoms with van der Waals surface area (Å²) in [6.45, 7) is 3.18. The summed E-state index contributed by atoms with van der Waals surface area (Å²) >= 11 is 0. The highest BCUT2D eigenvalue weighted by molar-refractivity contribution is 5.24. The highest BCUT2D eigenvalue weighted by Crippen LogP contribution is 2.12. The number of rotatable bonds is 4. The maximum Gasteiger partial charge on any atom is 0.0578 e. The Kier molecular flexibility index (Phi) is 4.18. The Bertz CT molecular complexity index is 308. The molecule has 14 heavy (non-hydrogen) atoms. The summed E-state index contributed by atoms with van der Waals surface area (Å²) < 4.78 is 0. The molecule has 3 N–H and O–H groups in total. The summed E-state index contributed by atoms with van der Waals surface area (Å²) in [5.41, 5.74) is 8.09. The first-order chi connectivity index (χ1) is 6.77. The molecule has 0 aromatic heterocycles. The molecule has 1 aromatic rings. The Morgan fingerprint density at radius 2 is 2.07 bits per heavy atom. The average Bonchev–Trinajstić information content (AvgIpc) is 2.21. The van der Waals surface area contributed by atoms with Gasteiger partial charge in [-0.2, -0.15) is 0 Å². The number of nitrogens with one attached hydrogen (secondary N) is 1. The van der Waals surface area contributed by atoms with Gasteiger partial charge in [0.25, 0.3) is 0 Å². The standard InChI is InChI=1S/C12H16N2/c1-3-8-14-12(9-13)11-6-4-10(2)5-7-11/h1,4-7,12,14H,8-9,13H2,2H3. The van der Waals surface area contributed by atoms with Crippen molar-refractivity contribution in [2.45, 2.75) is 13.0 Å². The summed E-state index contributed by atoms with van der Waals surface area (Å²) in [6, 6.07) is 8.48. The predicted molar refractivity (Wildman–Crippen MR) is 59.8 cm³/mol. The largest absolute Gasteiger partial charge is 0.329 e. The second kappa shape index (κ2) is 5.43. The third kappa shape index (κ3) is 2.88. The lowest BCUT2D eigenvalue weighted by atomic mass is 10.1. The minimum Gasteiger partial charge on any atom is -0.329 e. The van der Waals surface area contributed by atoms with Crippen molar-refractivity contribution < 1.29 is 0 Å². The van der Waals surface area contributed by atoms with Crippen molar-refractivity contribution in [3.63, 3.8) is 0 Å². The van der Waals surface area contributed by atoms with E-state index in [-0.39, 0.29) is 6.04 Å². The molecule has 0 radical (unpaired) electrons. The van der Waals surface area contributed by atoms with Crippen LogP contribution in [0.15, 0.2) is 24.3 Å². The molecule has 0 heterocycles. The van der Waals surface area contributed by atoms with Crippen LogP contribution in [0.1, 0.15) is 17.2 Å². The van der Waals surface area contributed by atoms with E-state index >= 15 is 0 Å². The molecule has 0 fully saturated rings. The molecule has 0 aliphatic rings.